The van der Waals surface area contributed by atoms with Crippen molar-refractivity contribution in [2.75, 3.05) is 5.32 Å². The van der Waals surface area contributed by atoms with Gasteiger partial charge >= 0.3 is 12.0 Å². The van der Waals surface area contributed by atoms with Gasteiger partial charge in [0.15, 0.2) is 0 Å². The molecule has 0 radical (unpaired) electrons. The number of carboxylic acids is 1. The molecule has 1 atom stereocenters. The molecule has 5 nitrogen and oxygen atoms in total. The molecule has 0 bridgehead atoms. The smallest absolute Gasteiger partial charge is 0.326 e. The number of hydrogen-bond donors (Lipinski definition) is 3. The third kappa shape index (κ3) is 4.91. The van der Waals surface area contributed by atoms with Gasteiger partial charge in [-0.2, -0.15) is 0 Å². The highest BCUT2D eigenvalue weighted by atomic mass is 16.4. The van der Waals surface area contributed by atoms with Gasteiger partial charge in [-0.15, -0.1) is 0 Å². The highest BCUT2D eigenvalue weighted by Crippen LogP contribution is 2.16. The van der Waals surface area contributed by atoms with E-state index >= 15 is 0 Å². The van der Waals surface area contributed by atoms with E-state index in [1.54, 1.807) is 0 Å². The van der Waals surface area contributed by atoms with Gasteiger partial charge in [-0.1, -0.05) is 31.5 Å². The van der Waals surface area contributed by atoms with E-state index in [9.17, 15) is 9.59 Å². The predicted octanol–water partition coefficient (Wildman–Crippen LogP) is 2.92. The van der Waals surface area contributed by atoms with Crippen LogP contribution in [-0.2, 0) is 4.79 Å². The molecule has 2 amide bonds. The standard InChI is InChI=1S/C15H22N2O3/c1-9(2)7-13(14(18)19)17-15(20)16-12-6-5-10(3)8-11(12)4/h5-6,8-9,13H,7H2,1-4H3,(H,18,19)(H2,16,17,20). The number of aryl methyl sites for hydroxylation is 2. The Morgan fingerprint density at radius 2 is 1.90 bits per heavy atom. The second kappa shape index (κ2) is 6.93. The Bertz CT molecular complexity index is 498. The summed E-state index contributed by atoms with van der Waals surface area (Å²) in [6.45, 7) is 7.70. The van der Waals surface area contributed by atoms with Crippen molar-refractivity contribution < 1.29 is 14.7 Å². The number of rotatable bonds is 5. The van der Waals surface area contributed by atoms with E-state index in [4.69, 9.17) is 5.11 Å². The predicted molar refractivity (Wildman–Crippen MR) is 78.9 cm³/mol. The number of carbonyl (C=O) groups is 2. The van der Waals surface area contributed by atoms with Crippen molar-refractivity contribution in [3.8, 4) is 0 Å². The van der Waals surface area contributed by atoms with E-state index in [0.717, 1.165) is 11.1 Å². The van der Waals surface area contributed by atoms with Crippen LogP contribution < -0.4 is 10.6 Å². The van der Waals surface area contributed by atoms with E-state index in [0.29, 0.717) is 12.1 Å². The molecule has 110 valence electrons. The van der Waals surface area contributed by atoms with Crippen molar-refractivity contribution in [3.63, 3.8) is 0 Å². The molecule has 0 aliphatic heterocycles. The van der Waals surface area contributed by atoms with Gasteiger partial charge in [0.25, 0.3) is 0 Å². The van der Waals surface area contributed by atoms with Crippen molar-refractivity contribution in [1.82, 2.24) is 5.32 Å². The van der Waals surface area contributed by atoms with Gasteiger partial charge in [0.1, 0.15) is 6.04 Å². The van der Waals surface area contributed by atoms with Crippen molar-refractivity contribution in [1.29, 1.82) is 0 Å². The maximum Gasteiger partial charge on any atom is 0.326 e. The first-order valence-corrected chi connectivity index (χ1v) is 6.67. The fraction of sp³-hybridized carbons (Fsp3) is 0.467. The van der Waals surface area contributed by atoms with Gasteiger partial charge in [-0.05, 0) is 37.8 Å². The number of anilines is 1. The summed E-state index contributed by atoms with van der Waals surface area (Å²) in [6.07, 6.45) is 0.398. The van der Waals surface area contributed by atoms with E-state index < -0.39 is 18.0 Å². The van der Waals surface area contributed by atoms with Crippen LogP contribution in [0.25, 0.3) is 0 Å². The number of carboxylic acid groups (broad SMARTS) is 1. The van der Waals surface area contributed by atoms with Crippen LogP contribution in [0.4, 0.5) is 10.5 Å². The Morgan fingerprint density at radius 3 is 2.40 bits per heavy atom. The summed E-state index contributed by atoms with van der Waals surface area (Å²) < 4.78 is 0. The van der Waals surface area contributed by atoms with Gasteiger partial charge in [-0.25, -0.2) is 9.59 Å². The zero-order valence-corrected chi connectivity index (χ0v) is 12.4. The molecule has 0 aliphatic rings. The molecule has 1 rings (SSSR count). The number of amides is 2. The molecule has 1 unspecified atom stereocenters. The maximum atomic E-state index is 11.9. The normalized spacial score (nSPS) is 12.1. The molecular formula is C15H22N2O3. The molecule has 0 fully saturated rings. The minimum absolute atomic E-state index is 0.192. The Kier molecular flexibility index (Phi) is 5.55. The third-order valence-electron chi connectivity index (χ3n) is 2.94. The van der Waals surface area contributed by atoms with Crippen LogP contribution in [0.2, 0.25) is 0 Å². The summed E-state index contributed by atoms with van der Waals surface area (Å²) in [7, 11) is 0. The van der Waals surface area contributed by atoms with Crippen LogP contribution in [0.1, 0.15) is 31.4 Å². The molecule has 5 heteroatoms. The molecule has 1 aromatic rings. The molecule has 0 aromatic heterocycles. The summed E-state index contributed by atoms with van der Waals surface area (Å²) in [4.78, 5) is 23.0. The topological polar surface area (TPSA) is 78.4 Å². The molecule has 3 N–H and O–H groups in total. The number of benzene rings is 1. The average molecular weight is 278 g/mol. The lowest BCUT2D eigenvalue weighted by molar-refractivity contribution is -0.139. The van der Waals surface area contributed by atoms with Gasteiger partial charge in [0, 0.05) is 5.69 Å². The number of urea groups is 1. The zero-order chi connectivity index (χ0) is 15.3. The fourth-order valence-corrected chi connectivity index (χ4v) is 1.96. The Morgan fingerprint density at radius 1 is 1.25 bits per heavy atom. The lowest BCUT2D eigenvalue weighted by atomic mass is 10.0. The Labute approximate surface area is 119 Å². The molecule has 1 aromatic carbocycles. The average Bonchev–Trinajstić information content (AvgIpc) is 2.31. The molecular weight excluding hydrogens is 256 g/mol. The number of aliphatic carboxylic acids is 1. The van der Waals surface area contributed by atoms with Gasteiger partial charge in [-0.3, -0.25) is 0 Å². The van der Waals surface area contributed by atoms with Gasteiger partial charge in [0.2, 0.25) is 0 Å². The summed E-state index contributed by atoms with van der Waals surface area (Å²) >= 11 is 0. The van der Waals surface area contributed by atoms with Crippen LogP contribution in [0.3, 0.4) is 0 Å². The zero-order valence-electron chi connectivity index (χ0n) is 12.4. The second-order valence-corrected chi connectivity index (χ2v) is 5.44. The lowest BCUT2D eigenvalue weighted by Gasteiger charge is -2.17. The number of hydrogen-bond acceptors (Lipinski definition) is 2. The summed E-state index contributed by atoms with van der Waals surface area (Å²) in [6, 6.07) is 4.29. The van der Waals surface area contributed by atoms with E-state index in [1.165, 1.54) is 0 Å². The van der Waals surface area contributed by atoms with Crippen LogP contribution in [-0.4, -0.2) is 23.1 Å². The SMILES string of the molecule is Cc1ccc(NC(=O)NC(CC(C)C)C(=O)O)c(C)c1. The van der Waals surface area contributed by atoms with Crippen LogP contribution in [0.15, 0.2) is 18.2 Å². The van der Waals surface area contributed by atoms with Crippen molar-refractivity contribution >= 4 is 17.7 Å². The largest absolute Gasteiger partial charge is 0.480 e. The highest BCUT2D eigenvalue weighted by Gasteiger charge is 2.21. The first-order chi connectivity index (χ1) is 9.29. The second-order valence-electron chi connectivity index (χ2n) is 5.44. The van der Waals surface area contributed by atoms with Crippen LogP contribution in [0, 0.1) is 19.8 Å². The minimum atomic E-state index is -1.02. The summed E-state index contributed by atoms with van der Waals surface area (Å²) in [5, 5.41) is 14.3. The summed E-state index contributed by atoms with van der Waals surface area (Å²) in [5.74, 6) is -0.827. The van der Waals surface area contributed by atoms with Crippen molar-refractivity contribution in [2.24, 2.45) is 5.92 Å². The van der Waals surface area contributed by atoms with Crippen molar-refractivity contribution in [2.45, 2.75) is 40.2 Å². The first kappa shape index (κ1) is 16.0. The Balaban J connectivity index is 2.68. The monoisotopic (exact) mass is 278 g/mol. The molecule has 0 saturated carbocycles. The molecule has 0 saturated heterocycles. The fourth-order valence-electron chi connectivity index (χ4n) is 1.96. The molecule has 0 heterocycles. The quantitative estimate of drug-likeness (QED) is 0.775. The van der Waals surface area contributed by atoms with E-state index in [2.05, 4.69) is 10.6 Å². The van der Waals surface area contributed by atoms with E-state index in [-0.39, 0.29) is 5.92 Å². The van der Waals surface area contributed by atoms with E-state index in [1.807, 2.05) is 45.9 Å². The Hall–Kier alpha value is -2.04. The van der Waals surface area contributed by atoms with Gasteiger partial charge < -0.3 is 15.7 Å². The molecule has 0 aliphatic carbocycles. The molecule has 0 spiro atoms. The van der Waals surface area contributed by atoms with Crippen molar-refractivity contribution in [3.05, 3.63) is 29.3 Å². The van der Waals surface area contributed by atoms with Crippen LogP contribution in [0.5, 0.6) is 0 Å². The third-order valence-corrected chi connectivity index (χ3v) is 2.94. The molecule has 20 heavy (non-hydrogen) atoms. The first-order valence-electron chi connectivity index (χ1n) is 6.67. The number of carbonyl (C=O) groups excluding carboxylic acids is 1. The minimum Gasteiger partial charge on any atom is -0.480 e. The maximum absolute atomic E-state index is 11.9. The summed E-state index contributed by atoms with van der Waals surface area (Å²) in [5.41, 5.74) is 2.73. The number of nitrogens with one attached hydrogen (secondary N) is 2. The highest BCUT2D eigenvalue weighted by molar-refractivity contribution is 5.92. The van der Waals surface area contributed by atoms with Gasteiger partial charge in [0.05, 0.1) is 0 Å². The van der Waals surface area contributed by atoms with Crippen LogP contribution >= 0.6 is 0 Å². The lowest BCUT2D eigenvalue weighted by Crippen LogP contribution is -2.43.